The van der Waals surface area contributed by atoms with Crippen LogP contribution < -0.4 is 0 Å². The van der Waals surface area contributed by atoms with E-state index in [4.69, 9.17) is 0 Å². The summed E-state index contributed by atoms with van der Waals surface area (Å²) < 4.78 is 2.06. The van der Waals surface area contributed by atoms with E-state index >= 15 is 0 Å². The molecule has 1 aliphatic rings. The lowest BCUT2D eigenvalue weighted by Crippen LogP contribution is -2.23. The van der Waals surface area contributed by atoms with Crippen molar-refractivity contribution in [2.75, 3.05) is 5.75 Å². The van der Waals surface area contributed by atoms with E-state index in [0.717, 1.165) is 28.9 Å². The maximum absolute atomic E-state index is 12.6. The number of aliphatic hydroxyl groups is 1. The number of nitrogens with zero attached hydrogens (tertiary/aromatic N) is 1. The molecule has 0 spiro atoms. The number of aliphatic hydroxyl groups excluding tert-OH is 1. The summed E-state index contributed by atoms with van der Waals surface area (Å²) in [5.74, 6) is 0.821. The van der Waals surface area contributed by atoms with Crippen LogP contribution in [0.25, 0.3) is 10.9 Å². The maximum Gasteiger partial charge on any atom is 0.179 e. The Morgan fingerprint density at radius 3 is 2.77 bits per heavy atom. The van der Waals surface area contributed by atoms with Crippen molar-refractivity contribution in [3.63, 3.8) is 0 Å². The van der Waals surface area contributed by atoms with Gasteiger partial charge in [0.05, 0.1) is 18.3 Å². The molecule has 1 aromatic heterocycles. The lowest BCUT2D eigenvalue weighted by atomic mass is 9.94. The molecule has 1 unspecified atom stereocenters. The van der Waals surface area contributed by atoms with Gasteiger partial charge in [0.1, 0.15) is 0 Å². The number of hydrogen-bond donors (Lipinski definition) is 1. The van der Waals surface area contributed by atoms with Crippen LogP contribution in [-0.2, 0) is 13.0 Å². The minimum absolute atomic E-state index is 0.211. The Kier molecular flexibility index (Phi) is 4.88. The lowest BCUT2D eigenvalue weighted by molar-refractivity contribution is 0.0959. The quantitative estimate of drug-likeness (QED) is 0.671. The van der Waals surface area contributed by atoms with Crippen LogP contribution in [0.2, 0.25) is 0 Å². The first-order valence-electron chi connectivity index (χ1n) is 9.14. The third-order valence-corrected chi connectivity index (χ3v) is 6.15. The van der Waals surface area contributed by atoms with Crippen molar-refractivity contribution in [1.82, 2.24) is 4.57 Å². The fourth-order valence-electron chi connectivity index (χ4n) is 3.82. The van der Waals surface area contributed by atoms with Crippen molar-refractivity contribution >= 4 is 28.4 Å². The van der Waals surface area contributed by atoms with Crippen molar-refractivity contribution in [1.29, 1.82) is 0 Å². The Morgan fingerprint density at radius 2 is 1.96 bits per heavy atom. The summed E-state index contributed by atoms with van der Waals surface area (Å²) in [6, 6.07) is 16.5. The molecule has 0 bridgehead atoms. The van der Waals surface area contributed by atoms with Gasteiger partial charge in [-0.05, 0) is 49.6 Å². The van der Waals surface area contributed by atoms with Crippen LogP contribution in [0.3, 0.4) is 0 Å². The topological polar surface area (TPSA) is 42.2 Å². The van der Waals surface area contributed by atoms with Crippen LogP contribution in [0.1, 0.15) is 34.5 Å². The van der Waals surface area contributed by atoms with E-state index in [-0.39, 0.29) is 5.78 Å². The van der Waals surface area contributed by atoms with E-state index < -0.39 is 6.10 Å². The first-order chi connectivity index (χ1) is 12.6. The highest BCUT2D eigenvalue weighted by atomic mass is 32.2. The predicted molar refractivity (Wildman–Crippen MR) is 107 cm³/mol. The van der Waals surface area contributed by atoms with Crippen LogP contribution in [0.15, 0.2) is 53.4 Å². The molecule has 3 aromatic rings. The molecule has 134 valence electrons. The Hall–Kier alpha value is -2.04. The molecular formula is C22H23NO2S. The monoisotopic (exact) mass is 365 g/mol. The van der Waals surface area contributed by atoms with Gasteiger partial charge < -0.3 is 9.67 Å². The van der Waals surface area contributed by atoms with Gasteiger partial charge in [0.2, 0.25) is 0 Å². The molecule has 4 rings (SSSR count). The average Bonchev–Trinajstić information content (AvgIpc) is 2.95. The molecule has 2 aromatic carbocycles. The number of carbonyl (C=O) groups is 1. The predicted octanol–water partition coefficient (Wildman–Crippen LogP) is 4.62. The van der Waals surface area contributed by atoms with Crippen LogP contribution in [0, 0.1) is 6.92 Å². The zero-order valence-electron chi connectivity index (χ0n) is 14.9. The molecule has 0 saturated carbocycles. The standard InChI is InChI=1S/C22H23NO2S/c1-15-10-11-20-19(12-15)18-8-5-9-21(25)22(18)23(20)13-16(24)14-26-17-6-3-2-4-7-17/h2-4,6-7,10-12,16,24H,5,8-9,13-14H2,1H3. The van der Waals surface area contributed by atoms with Gasteiger partial charge in [-0.15, -0.1) is 11.8 Å². The molecule has 1 N–H and O–H groups in total. The maximum atomic E-state index is 12.6. The third-order valence-electron chi connectivity index (χ3n) is 5.00. The average molecular weight is 365 g/mol. The molecule has 0 aliphatic heterocycles. The molecule has 1 aliphatic carbocycles. The Bertz CT molecular complexity index is 946. The largest absolute Gasteiger partial charge is 0.390 e. The Balaban J connectivity index is 1.63. The molecule has 0 radical (unpaired) electrons. The molecular weight excluding hydrogens is 342 g/mol. The minimum atomic E-state index is -0.504. The molecule has 3 nitrogen and oxygen atoms in total. The fraction of sp³-hybridized carbons (Fsp3) is 0.318. The summed E-state index contributed by atoms with van der Waals surface area (Å²) in [4.78, 5) is 13.8. The third kappa shape index (κ3) is 3.31. The van der Waals surface area contributed by atoms with E-state index in [1.807, 2.05) is 18.2 Å². The van der Waals surface area contributed by atoms with Crippen molar-refractivity contribution in [3.05, 3.63) is 65.4 Å². The van der Waals surface area contributed by atoms with Crippen molar-refractivity contribution in [2.24, 2.45) is 0 Å². The normalized spacial score (nSPS) is 15.2. The van der Waals surface area contributed by atoms with Crippen molar-refractivity contribution < 1.29 is 9.90 Å². The number of Topliss-reactive ketones (excluding diaryl/α,β-unsaturated/α-hetero) is 1. The van der Waals surface area contributed by atoms with Gasteiger partial charge in [0.15, 0.2) is 5.78 Å². The summed E-state index contributed by atoms with van der Waals surface area (Å²) >= 11 is 1.65. The van der Waals surface area contributed by atoms with E-state index in [0.29, 0.717) is 18.7 Å². The summed E-state index contributed by atoms with van der Waals surface area (Å²) in [7, 11) is 0. The van der Waals surface area contributed by atoms with Crippen LogP contribution in [0.5, 0.6) is 0 Å². The first-order valence-corrected chi connectivity index (χ1v) is 10.1. The number of carbonyl (C=O) groups excluding carboxylic acids is 1. The Morgan fingerprint density at radius 1 is 1.15 bits per heavy atom. The van der Waals surface area contributed by atoms with E-state index in [9.17, 15) is 9.90 Å². The van der Waals surface area contributed by atoms with Gasteiger partial charge in [-0.3, -0.25) is 4.79 Å². The molecule has 4 heteroatoms. The number of hydrogen-bond acceptors (Lipinski definition) is 3. The van der Waals surface area contributed by atoms with Crippen molar-refractivity contribution in [2.45, 2.75) is 43.7 Å². The number of aryl methyl sites for hydroxylation is 2. The zero-order chi connectivity index (χ0) is 18.1. The van der Waals surface area contributed by atoms with E-state index in [2.05, 4.69) is 41.8 Å². The smallest absolute Gasteiger partial charge is 0.179 e. The van der Waals surface area contributed by atoms with Gasteiger partial charge in [-0.1, -0.05) is 29.8 Å². The van der Waals surface area contributed by atoms with Gasteiger partial charge in [-0.25, -0.2) is 0 Å². The van der Waals surface area contributed by atoms with Crippen LogP contribution in [0.4, 0.5) is 0 Å². The second-order valence-electron chi connectivity index (χ2n) is 7.01. The van der Waals surface area contributed by atoms with E-state index in [1.54, 1.807) is 11.8 Å². The highest BCUT2D eigenvalue weighted by Gasteiger charge is 2.26. The second-order valence-corrected chi connectivity index (χ2v) is 8.11. The molecule has 0 amide bonds. The molecule has 1 atom stereocenters. The summed E-state index contributed by atoms with van der Waals surface area (Å²) in [5.41, 5.74) is 4.26. The highest BCUT2D eigenvalue weighted by Crippen LogP contribution is 2.33. The number of benzene rings is 2. The fourth-order valence-corrected chi connectivity index (χ4v) is 4.66. The number of rotatable bonds is 5. The zero-order valence-corrected chi connectivity index (χ0v) is 15.8. The van der Waals surface area contributed by atoms with Crippen molar-refractivity contribution in [3.8, 4) is 0 Å². The SMILES string of the molecule is Cc1ccc2c(c1)c1c(n2CC(O)CSc2ccccc2)C(=O)CCC1. The van der Waals surface area contributed by atoms with Gasteiger partial charge in [-0.2, -0.15) is 0 Å². The van der Waals surface area contributed by atoms with Gasteiger partial charge in [0, 0.05) is 28.0 Å². The van der Waals surface area contributed by atoms with E-state index in [1.165, 1.54) is 16.5 Å². The molecule has 0 fully saturated rings. The summed E-state index contributed by atoms with van der Waals surface area (Å²) in [6.07, 6.45) is 1.97. The molecule has 0 saturated heterocycles. The van der Waals surface area contributed by atoms with Crippen LogP contribution in [-0.4, -0.2) is 27.3 Å². The van der Waals surface area contributed by atoms with Gasteiger partial charge in [0.25, 0.3) is 0 Å². The number of fused-ring (bicyclic) bond motifs is 3. The summed E-state index contributed by atoms with van der Waals surface area (Å²) in [6.45, 7) is 2.54. The highest BCUT2D eigenvalue weighted by molar-refractivity contribution is 7.99. The van der Waals surface area contributed by atoms with Crippen LogP contribution >= 0.6 is 11.8 Å². The number of thioether (sulfide) groups is 1. The second kappa shape index (κ2) is 7.29. The number of ketones is 1. The molecule has 26 heavy (non-hydrogen) atoms. The van der Waals surface area contributed by atoms with Gasteiger partial charge >= 0.3 is 0 Å². The number of aromatic nitrogens is 1. The first kappa shape index (κ1) is 17.4. The Labute approximate surface area is 158 Å². The lowest BCUT2D eigenvalue weighted by Gasteiger charge is -2.18. The minimum Gasteiger partial charge on any atom is -0.390 e. The summed E-state index contributed by atoms with van der Waals surface area (Å²) in [5, 5.41) is 11.8. The molecule has 1 heterocycles.